The summed E-state index contributed by atoms with van der Waals surface area (Å²) < 4.78 is 62.7. The zero-order valence-electron chi connectivity index (χ0n) is 12.0. The Morgan fingerprint density at radius 3 is 2.19 bits per heavy atom. The van der Waals surface area contributed by atoms with Gasteiger partial charge in [-0.05, 0) is 29.5 Å². The normalized spacial score (nSPS) is 15.0. The maximum Gasteiger partial charge on any atom is 0.416 e. The smallest absolute Gasteiger partial charge is 0.224 e. The topological polar surface area (TPSA) is 34.1 Å². The van der Waals surface area contributed by atoms with Crippen LogP contribution in [0.1, 0.15) is 26.3 Å². The number of sulfone groups is 1. The number of alkyl halides is 4. The molecule has 0 spiro atoms. The van der Waals surface area contributed by atoms with Gasteiger partial charge in [0.2, 0.25) is 0 Å². The van der Waals surface area contributed by atoms with Crippen LogP contribution in [0.4, 0.5) is 13.2 Å². The van der Waals surface area contributed by atoms with Crippen LogP contribution in [0.3, 0.4) is 0 Å². The molecule has 0 aliphatic rings. The third-order valence-electron chi connectivity index (χ3n) is 3.35. The third kappa shape index (κ3) is 4.98. The Bertz CT molecular complexity index is 589. The number of hydrogen-bond acceptors (Lipinski definition) is 2. The lowest BCUT2D eigenvalue weighted by molar-refractivity contribution is -0.137. The van der Waals surface area contributed by atoms with Gasteiger partial charge < -0.3 is 0 Å². The lowest BCUT2D eigenvalue weighted by Gasteiger charge is -2.28. The summed E-state index contributed by atoms with van der Waals surface area (Å²) in [6, 6.07) is 3.89. The van der Waals surface area contributed by atoms with E-state index in [0.29, 0.717) is 11.4 Å². The Labute approximate surface area is 131 Å². The first kappa shape index (κ1) is 18.5. The van der Waals surface area contributed by atoms with Gasteiger partial charge in [-0.1, -0.05) is 42.8 Å². The van der Waals surface area contributed by atoms with E-state index in [0.717, 1.165) is 12.1 Å². The lowest BCUT2D eigenvalue weighted by atomic mass is 9.83. The molecule has 0 radical (unpaired) electrons. The summed E-state index contributed by atoms with van der Waals surface area (Å²) in [4.78, 5) is -0.285. The van der Waals surface area contributed by atoms with Crippen molar-refractivity contribution in [3.63, 3.8) is 0 Å². The summed E-state index contributed by atoms with van der Waals surface area (Å²) >= 11 is 3.28. The molecule has 1 rings (SSSR count). The molecule has 0 aliphatic carbocycles. The van der Waals surface area contributed by atoms with Crippen molar-refractivity contribution in [1.29, 1.82) is 0 Å². The number of halogens is 4. The van der Waals surface area contributed by atoms with E-state index in [-0.39, 0.29) is 22.0 Å². The van der Waals surface area contributed by atoms with Gasteiger partial charge in [0.05, 0.1) is 16.2 Å². The van der Waals surface area contributed by atoms with Crippen LogP contribution < -0.4 is 0 Å². The molecular weight excluding hydrogens is 369 g/mol. The van der Waals surface area contributed by atoms with Crippen LogP contribution in [-0.2, 0) is 16.0 Å². The minimum atomic E-state index is -4.55. The average Bonchev–Trinajstić information content (AvgIpc) is 2.34. The minimum absolute atomic E-state index is 0.191. The lowest BCUT2D eigenvalue weighted by Crippen LogP contribution is -2.29. The molecule has 0 bridgehead atoms. The molecule has 0 fully saturated rings. The van der Waals surface area contributed by atoms with Crippen LogP contribution in [0, 0.1) is 11.3 Å². The van der Waals surface area contributed by atoms with Crippen LogP contribution in [0.5, 0.6) is 0 Å². The summed E-state index contributed by atoms with van der Waals surface area (Å²) in [6.45, 7) is 5.71. The van der Waals surface area contributed by atoms with E-state index in [2.05, 4.69) is 15.9 Å². The van der Waals surface area contributed by atoms with Crippen LogP contribution >= 0.6 is 15.9 Å². The summed E-state index contributed by atoms with van der Waals surface area (Å²) in [6.07, 6.45) is -4.55. The molecule has 1 unspecified atom stereocenters. The molecular formula is C14H18BrF3O2S. The Kier molecular flexibility index (Phi) is 5.53. The predicted molar refractivity (Wildman–Crippen MR) is 80.2 cm³/mol. The fraction of sp³-hybridized carbons (Fsp3) is 0.571. The van der Waals surface area contributed by atoms with Gasteiger partial charge in [0.15, 0.2) is 9.84 Å². The van der Waals surface area contributed by atoms with Gasteiger partial charge in [-0.25, -0.2) is 8.42 Å². The van der Waals surface area contributed by atoms with Crippen molar-refractivity contribution in [2.45, 2.75) is 31.8 Å². The largest absolute Gasteiger partial charge is 0.416 e. The molecule has 0 aromatic heterocycles. The van der Waals surface area contributed by atoms with Crippen molar-refractivity contribution >= 4 is 25.8 Å². The fourth-order valence-electron chi connectivity index (χ4n) is 1.75. The SMILES string of the molecule is CC(C)(C)C(CBr)CS(=O)(=O)c1cccc(C(F)(F)F)c1. The van der Waals surface area contributed by atoms with E-state index >= 15 is 0 Å². The Morgan fingerprint density at radius 1 is 1.19 bits per heavy atom. The third-order valence-corrected chi connectivity index (χ3v) is 5.95. The molecule has 0 N–H and O–H groups in total. The molecule has 120 valence electrons. The Morgan fingerprint density at radius 2 is 1.76 bits per heavy atom. The molecule has 1 aromatic carbocycles. The minimum Gasteiger partial charge on any atom is -0.224 e. The van der Waals surface area contributed by atoms with Gasteiger partial charge in [-0.15, -0.1) is 0 Å². The van der Waals surface area contributed by atoms with Crippen molar-refractivity contribution in [2.24, 2.45) is 11.3 Å². The van der Waals surface area contributed by atoms with Crippen molar-refractivity contribution < 1.29 is 21.6 Å². The maximum atomic E-state index is 12.7. The van der Waals surface area contributed by atoms with E-state index in [9.17, 15) is 21.6 Å². The highest BCUT2D eigenvalue weighted by Gasteiger charge is 2.33. The summed E-state index contributed by atoms with van der Waals surface area (Å²) in [5.74, 6) is -0.389. The van der Waals surface area contributed by atoms with Gasteiger partial charge in [-0.3, -0.25) is 0 Å². The average molecular weight is 387 g/mol. The van der Waals surface area contributed by atoms with Crippen molar-refractivity contribution in [3.05, 3.63) is 29.8 Å². The summed E-state index contributed by atoms with van der Waals surface area (Å²) in [7, 11) is -3.77. The number of hydrogen-bond donors (Lipinski definition) is 0. The van der Waals surface area contributed by atoms with E-state index in [1.54, 1.807) is 0 Å². The van der Waals surface area contributed by atoms with Gasteiger partial charge in [0.25, 0.3) is 0 Å². The second-order valence-corrected chi connectivity index (χ2v) is 8.71. The molecule has 0 heterocycles. The van der Waals surface area contributed by atoms with E-state index in [1.165, 1.54) is 6.07 Å². The molecule has 1 aromatic rings. The highest BCUT2D eigenvalue weighted by molar-refractivity contribution is 9.09. The van der Waals surface area contributed by atoms with Crippen LogP contribution in [0.2, 0.25) is 0 Å². The van der Waals surface area contributed by atoms with E-state index in [4.69, 9.17) is 0 Å². The second kappa shape index (κ2) is 6.28. The highest BCUT2D eigenvalue weighted by atomic mass is 79.9. The van der Waals surface area contributed by atoms with Crippen molar-refractivity contribution in [3.8, 4) is 0 Å². The standard InChI is InChI=1S/C14H18BrF3O2S/c1-13(2,3)11(8-15)9-21(19,20)12-6-4-5-10(7-12)14(16,17)18/h4-7,11H,8-9H2,1-3H3. The first-order valence-electron chi connectivity index (χ1n) is 6.34. The second-order valence-electron chi connectivity index (χ2n) is 6.02. The van der Waals surface area contributed by atoms with Crippen LogP contribution in [0.15, 0.2) is 29.2 Å². The monoisotopic (exact) mass is 386 g/mol. The zero-order chi connectivity index (χ0) is 16.5. The molecule has 0 amide bonds. The number of rotatable bonds is 4. The predicted octanol–water partition coefficient (Wildman–Crippen LogP) is 4.54. The van der Waals surface area contributed by atoms with E-state index < -0.39 is 21.6 Å². The molecule has 0 aliphatic heterocycles. The zero-order valence-corrected chi connectivity index (χ0v) is 14.4. The molecule has 21 heavy (non-hydrogen) atoms. The van der Waals surface area contributed by atoms with Gasteiger partial charge in [0.1, 0.15) is 0 Å². The quantitative estimate of drug-likeness (QED) is 0.712. The van der Waals surface area contributed by atoms with Crippen LogP contribution in [-0.4, -0.2) is 19.5 Å². The van der Waals surface area contributed by atoms with Gasteiger partial charge in [-0.2, -0.15) is 13.2 Å². The van der Waals surface area contributed by atoms with Gasteiger partial charge >= 0.3 is 6.18 Å². The first-order chi connectivity index (χ1) is 9.38. The molecule has 0 saturated heterocycles. The number of benzene rings is 1. The van der Waals surface area contributed by atoms with Crippen molar-refractivity contribution in [1.82, 2.24) is 0 Å². The Hall–Kier alpha value is -0.560. The molecule has 2 nitrogen and oxygen atoms in total. The van der Waals surface area contributed by atoms with E-state index in [1.807, 2.05) is 20.8 Å². The van der Waals surface area contributed by atoms with Crippen LogP contribution in [0.25, 0.3) is 0 Å². The molecule has 7 heteroatoms. The summed E-state index contributed by atoms with van der Waals surface area (Å²) in [5.41, 5.74) is -1.21. The Balaban J connectivity index is 3.15. The molecule has 0 saturated carbocycles. The van der Waals surface area contributed by atoms with Gasteiger partial charge in [0, 0.05) is 5.33 Å². The fourth-order valence-corrected chi connectivity index (χ4v) is 5.19. The maximum absolute atomic E-state index is 12.7. The first-order valence-corrected chi connectivity index (χ1v) is 9.11. The van der Waals surface area contributed by atoms with Crippen molar-refractivity contribution in [2.75, 3.05) is 11.1 Å². The summed E-state index contributed by atoms with van der Waals surface area (Å²) in [5, 5.41) is 0.467. The molecule has 1 atom stereocenters. The highest BCUT2D eigenvalue weighted by Crippen LogP contribution is 2.33.